The van der Waals surface area contributed by atoms with Gasteiger partial charge in [0, 0.05) is 12.1 Å². The maximum atomic E-state index is 12.6. The number of hydrogen-bond donors (Lipinski definition) is 1. The molecule has 0 heterocycles. The molecule has 2 rings (SSSR count). The lowest BCUT2D eigenvalue weighted by Crippen LogP contribution is -2.37. The minimum atomic E-state index is -3.71. The Labute approximate surface area is 175 Å². The second kappa shape index (κ2) is 9.71. The topological polar surface area (TPSA) is 94.2 Å². The number of carbonyl (C=O) groups is 1. The number of nitrogens with one attached hydrogen (secondary N) is 1. The molecule has 0 unspecified atom stereocenters. The quantitative estimate of drug-likeness (QED) is 0.641. The van der Waals surface area contributed by atoms with Crippen molar-refractivity contribution >= 4 is 38.9 Å². The summed E-state index contributed by atoms with van der Waals surface area (Å²) in [6.07, 6.45) is 1.03. The van der Waals surface area contributed by atoms with E-state index in [1.165, 1.54) is 26.4 Å². The van der Waals surface area contributed by atoms with Crippen molar-refractivity contribution in [1.82, 2.24) is 0 Å². The summed E-state index contributed by atoms with van der Waals surface area (Å²) in [4.78, 5) is 12.6. The smallest absolute Gasteiger partial charge is 0.245 e. The second-order valence-electron chi connectivity index (χ2n) is 5.93. The van der Waals surface area contributed by atoms with Crippen LogP contribution in [-0.2, 0) is 14.8 Å². The number of methoxy groups -OCH3 is 2. The molecule has 0 saturated carbocycles. The highest BCUT2D eigenvalue weighted by Gasteiger charge is 2.22. The van der Waals surface area contributed by atoms with E-state index in [0.717, 1.165) is 10.6 Å². The number of ether oxygens (including phenoxy) is 3. The van der Waals surface area contributed by atoms with Gasteiger partial charge in [0.05, 0.1) is 43.5 Å². The maximum absolute atomic E-state index is 12.6. The molecule has 2 aromatic carbocycles. The van der Waals surface area contributed by atoms with E-state index in [9.17, 15) is 13.2 Å². The number of carbonyl (C=O) groups excluding carboxylic acids is 1. The Balaban J connectivity index is 2.25. The second-order valence-corrected chi connectivity index (χ2v) is 8.25. The van der Waals surface area contributed by atoms with E-state index in [1.54, 1.807) is 24.3 Å². The first-order valence-corrected chi connectivity index (χ1v) is 10.8. The van der Waals surface area contributed by atoms with Crippen LogP contribution in [0.25, 0.3) is 0 Å². The van der Waals surface area contributed by atoms with Crippen LogP contribution >= 0.6 is 11.6 Å². The molecule has 0 aliphatic rings. The fourth-order valence-corrected chi connectivity index (χ4v) is 3.64. The minimum absolute atomic E-state index is 0.305. The first-order valence-electron chi connectivity index (χ1n) is 8.61. The Morgan fingerprint density at radius 1 is 1.10 bits per heavy atom. The molecule has 8 nitrogen and oxygen atoms in total. The molecule has 0 bridgehead atoms. The summed E-state index contributed by atoms with van der Waals surface area (Å²) in [7, 11) is -0.843. The molecule has 0 fully saturated rings. The fourth-order valence-electron chi connectivity index (χ4n) is 2.55. The van der Waals surface area contributed by atoms with E-state index in [-0.39, 0.29) is 0 Å². The van der Waals surface area contributed by atoms with Gasteiger partial charge >= 0.3 is 0 Å². The lowest BCUT2D eigenvalue weighted by Gasteiger charge is -2.22. The molecule has 0 radical (unpaired) electrons. The molecular formula is C19H23ClN2O6S. The highest BCUT2D eigenvalue weighted by Crippen LogP contribution is 2.36. The van der Waals surface area contributed by atoms with Gasteiger partial charge in [-0.25, -0.2) is 8.42 Å². The Morgan fingerprint density at radius 3 is 2.24 bits per heavy atom. The summed E-state index contributed by atoms with van der Waals surface area (Å²) in [6.45, 7) is 1.91. The molecule has 0 aliphatic carbocycles. The lowest BCUT2D eigenvalue weighted by molar-refractivity contribution is -0.114. The molecule has 29 heavy (non-hydrogen) atoms. The number of benzene rings is 2. The Hall–Kier alpha value is -2.65. The first kappa shape index (κ1) is 22.6. The summed E-state index contributed by atoms with van der Waals surface area (Å²) in [5.41, 5.74) is 0.644. The first-order chi connectivity index (χ1) is 13.7. The van der Waals surface area contributed by atoms with E-state index in [2.05, 4.69) is 5.32 Å². The van der Waals surface area contributed by atoms with Crippen molar-refractivity contribution in [2.24, 2.45) is 0 Å². The third-order valence-corrected chi connectivity index (χ3v) is 5.31. The van der Waals surface area contributed by atoms with E-state index < -0.39 is 22.5 Å². The van der Waals surface area contributed by atoms with Crippen LogP contribution in [0.5, 0.6) is 17.2 Å². The normalized spacial score (nSPS) is 10.9. The summed E-state index contributed by atoms with van der Waals surface area (Å²) >= 11 is 6.06. The molecular weight excluding hydrogens is 420 g/mol. The summed E-state index contributed by atoms with van der Waals surface area (Å²) < 4.78 is 41.2. The SMILES string of the molecule is CCOc1ccc(N(CC(=O)Nc2cc(OC)c(Cl)cc2OC)S(C)(=O)=O)cc1. The zero-order chi connectivity index (χ0) is 21.6. The number of halogens is 1. The van der Waals surface area contributed by atoms with Crippen LogP contribution in [0, 0.1) is 0 Å². The number of sulfonamides is 1. The van der Waals surface area contributed by atoms with Crippen molar-refractivity contribution in [1.29, 1.82) is 0 Å². The van der Waals surface area contributed by atoms with Crippen molar-refractivity contribution in [3.05, 3.63) is 41.4 Å². The van der Waals surface area contributed by atoms with Crippen molar-refractivity contribution in [3.8, 4) is 17.2 Å². The average Bonchev–Trinajstić information content (AvgIpc) is 2.67. The number of rotatable bonds is 9. The van der Waals surface area contributed by atoms with Crippen LogP contribution in [0.2, 0.25) is 5.02 Å². The maximum Gasteiger partial charge on any atom is 0.245 e. The number of anilines is 2. The standard InChI is InChI=1S/C19H23ClN2O6S/c1-5-28-14-8-6-13(7-9-14)22(29(4,24)25)12-19(23)21-16-11-17(26-2)15(20)10-18(16)27-3/h6-11H,5,12H2,1-4H3,(H,21,23). The molecule has 0 saturated heterocycles. The predicted octanol–water partition coefficient (Wildman–Crippen LogP) is 3.16. The molecule has 0 aliphatic heterocycles. The van der Waals surface area contributed by atoms with Gasteiger partial charge in [0.2, 0.25) is 15.9 Å². The van der Waals surface area contributed by atoms with Crippen LogP contribution in [0.3, 0.4) is 0 Å². The zero-order valence-electron chi connectivity index (χ0n) is 16.6. The van der Waals surface area contributed by atoms with E-state index >= 15 is 0 Å². The monoisotopic (exact) mass is 442 g/mol. The van der Waals surface area contributed by atoms with Crippen molar-refractivity contribution in [2.45, 2.75) is 6.92 Å². The number of hydrogen-bond acceptors (Lipinski definition) is 6. The van der Waals surface area contributed by atoms with Crippen LogP contribution in [-0.4, -0.2) is 48.0 Å². The van der Waals surface area contributed by atoms with Crippen LogP contribution in [0.4, 0.5) is 11.4 Å². The number of amides is 1. The Kier molecular flexibility index (Phi) is 7.58. The largest absolute Gasteiger partial charge is 0.495 e. The van der Waals surface area contributed by atoms with Crippen LogP contribution in [0.1, 0.15) is 6.92 Å². The highest BCUT2D eigenvalue weighted by atomic mass is 35.5. The summed E-state index contributed by atoms with van der Waals surface area (Å²) in [5.74, 6) is 0.699. The van der Waals surface area contributed by atoms with Gasteiger partial charge in [-0.1, -0.05) is 11.6 Å². The predicted molar refractivity (Wildman–Crippen MR) is 113 cm³/mol. The molecule has 0 spiro atoms. The Bertz CT molecular complexity index is 963. The van der Waals surface area contributed by atoms with Crippen molar-refractivity contribution in [3.63, 3.8) is 0 Å². The van der Waals surface area contributed by atoms with Crippen LogP contribution < -0.4 is 23.8 Å². The third kappa shape index (κ3) is 5.91. The Morgan fingerprint density at radius 2 is 1.72 bits per heavy atom. The van der Waals surface area contributed by atoms with Gasteiger partial charge in [-0.3, -0.25) is 9.10 Å². The molecule has 158 valence electrons. The molecule has 1 amide bonds. The highest BCUT2D eigenvalue weighted by molar-refractivity contribution is 7.92. The number of nitrogens with zero attached hydrogens (tertiary/aromatic N) is 1. The summed E-state index contributed by atoms with van der Waals surface area (Å²) in [6, 6.07) is 9.43. The van der Waals surface area contributed by atoms with Crippen molar-refractivity contribution < 1.29 is 27.4 Å². The van der Waals surface area contributed by atoms with Gasteiger partial charge in [0.25, 0.3) is 0 Å². The van der Waals surface area contributed by atoms with E-state index in [4.69, 9.17) is 25.8 Å². The van der Waals surface area contributed by atoms with Crippen LogP contribution in [0.15, 0.2) is 36.4 Å². The van der Waals surface area contributed by atoms with E-state index in [0.29, 0.717) is 40.3 Å². The van der Waals surface area contributed by atoms with Gasteiger partial charge in [-0.2, -0.15) is 0 Å². The van der Waals surface area contributed by atoms with Gasteiger partial charge in [-0.15, -0.1) is 0 Å². The fraction of sp³-hybridized carbons (Fsp3) is 0.316. The average molecular weight is 443 g/mol. The molecule has 1 N–H and O–H groups in total. The molecule has 2 aromatic rings. The van der Waals surface area contributed by atoms with Gasteiger partial charge in [0.1, 0.15) is 23.8 Å². The zero-order valence-corrected chi connectivity index (χ0v) is 18.1. The van der Waals surface area contributed by atoms with Gasteiger partial charge in [-0.05, 0) is 31.2 Å². The third-order valence-electron chi connectivity index (χ3n) is 3.87. The van der Waals surface area contributed by atoms with Gasteiger partial charge < -0.3 is 19.5 Å². The molecule has 0 aromatic heterocycles. The minimum Gasteiger partial charge on any atom is -0.495 e. The van der Waals surface area contributed by atoms with Crippen molar-refractivity contribution in [2.75, 3.05) is 43.2 Å². The van der Waals surface area contributed by atoms with E-state index in [1.807, 2.05) is 6.92 Å². The molecule has 10 heteroatoms. The van der Waals surface area contributed by atoms with Gasteiger partial charge in [0.15, 0.2) is 0 Å². The summed E-state index contributed by atoms with van der Waals surface area (Å²) in [5, 5.41) is 2.95. The molecule has 0 atom stereocenters. The lowest BCUT2D eigenvalue weighted by atomic mass is 10.2.